The standard InChI is InChI=1S/C97H106N12O16P2S2/c1-58(83(98)111)103-92(120)96(8,9)107-87(115)62(5)101-88(116)80(53-65-35-17-12-18-36-65)105-85(113)60(3)100-84(112)59(2)102-89(117)81(56-126(128,66-37-19-13-20-38-66)67-39-21-14-22-40-67)108(94(122)124-54-78-74-49-31-27-45-70(74)71-46-28-32-50-75(71)78)91(119)82(57-127(129,68-41-23-15-24-42-68)69-43-25-16-26-44-69)109(90(118)63(6)104-93(121)97(10,11)106-86(114)61(4)99-64(7)110)95(123)125-55-79-76-51-33-29-47-72(76)73-48-30-34-52-77(73)79/h12-52,58-63,78-82H,53-57H2,1-11H3,(H2,98,111)(H,99,110)(H,100,112)(H,101,116)(H,102,117)(H,103,120)(H,104,121)(H,105,113)(H,106,114)(H,107,115)/t58-,59-,60-,61-,62-,63-,80-,81-,82-/m0/s1. The maximum Gasteiger partial charge on any atom is 0.417 e. The highest BCUT2D eigenvalue weighted by Gasteiger charge is 2.51. The van der Waals surface area contributed by atoms with Crippen LogP contribution < -0.4 is 74.8 Å². The third-order valence-corrected chi connectivity index (χ3v) is 32.5. The summed E-state index contributed by atoms with van der Waals surface area (Å²) in [5, 5.41) is 25.2. The van der Waals surface area contributed by atoms with Gasteiger partial charge in [-0.2, -0.15) is 0 Å². The lowest BCUT2D eigenvalue weighted by atomic mass is 9.98. The molecule has 2 aliphatic rings. The first-order valence-electron chi connectivity index (χ1n) is 42.2. The highest BCUT2D eigenvalue weighted by molar-refractivity contribution is 8.22. The highest BCUT2D eigenvalue weighted by atomic mass is 32.4. The fourth-order valence-electron chi connectivity index (χ4n) is 15.6. The molecular formula is C97H106N12O16P2S2. The Morgan fingerprint density at radius 2 is 0.659 bits per heavy atom. The van der Waals surface area contributed by atoms with E-state index in [0.717, 1.165) is 44.5 Å². The average molecular weight is 1820 g/mol. The van der Waals surface area contributed by atoms with Crippen LogP contribution in [0.1, 0.15) is 116 Å². The number of primary amides is 1. The summed E-state index contributed by atoms with van der Waals surface area (Å²) in [4.78, 5) is 210. The number of nitrogens with two attached hydrogens (primary N) is 1. The summed E-state index contributed by atoms with van der Waals surface area (Å²) in [6, 6.07) is 50.7. The van der Waals surface area contributed by atoms with E-state index in [9.17, 15) is 38.4 Å². The largest absolute Gasteiger partial charge is 0.448 e. The van der Waals surface area contributed by atoms with Crippen LogP contribution in [0.3, 0.4) is 0 Å². The summed E-state index contributed by atoms with van der Waals surface area (Å²) in [5.74, 6) is -13.0. The molecule has 0 fully saturated rings. The lowest BCUT2D eigenvalue weighted by Gasteiger charge is -2.39. The minimum atomic E-state index is -3.79. The molecule has 11 rings (SSSR count). The molecule has 28 nitrogen and oxygen atoms in total. The summed E-state index contributed by atoms with van der Waals surface area (Å²) >= 11 is 14.1. The van der Waals surface area contributed by atoms with Crippen LogP contribution in [0.4, 0.5) is 9.59 Å². The molecule has 129 heavy (non-hydrogen) atoms. The summed E-state index contributed by atoms with van der Waals surface area (Å²) in [6.45, 7) is 13.5. The molecule has 32 heteroatoms. The molecule has 0 saturated heterocycles. The van der Waals surface area contributed by atoms with Crippen molar-refractivity contribution in [3.63, 3.8) is 0 Å². The van der Waals surface area contributed by atoms with E-state index in [2.05, 4.69) is 47.9 Å². The molecule has 0 heterocycles. The predicted octanol–water partition coefficient (Wildman–Crippen LogP) is 7.59. The van der Waals surface area contributed by atoms with E-state index in [-0.39, 0.29) is 6.42 Å². The number of amides is 14. The van der Waals surface area contributed by atoms with E-state index in [0.29, 0.717) is 36.6 Å². The maximum atomic E-state index is 18.2. The minimum absolute atomic E-state index is 0.151. The number of carbonyl (C=O) groups excluding carboxylic acids is 14. The Hall–Kier alpha value is -13.1. The molecule has 0 radical (unpaired) electrons. The van der Waals surface area contributed by atoms with Gasteiger partial charge in [0.25, 0.3) is 11.8 Å². The molecule has 0 saturated carbocycles. The average Bonchev–Trinajstić information content (AvgIpc) is 1.03. The third-order valence-electron chi connectivity index (χ3n) is 22.8. The van der Waals surface area contributed by atoms with E-state index in [1.54, 1.807) is 152 Å². The molecule has 11 N–H and O–H groups in total. The summed E-state index contributed by atoms with van der Waals surface area (Å²) < 4.78 is 13.1. The smallest absolute Gasteiger partial charge is 0.417 e. The van der Waals surface area contributed by atoms with Gasteiger partial charge in [0.05, 0.1) is 0 Å². The molecule has 0 aliphatic heterocycles. The maximum absolute atomic E-state index is 18.2. The van der Waals surface area contributed by atoms with Crippen molar-refractivity contribution in [3.8, 4) is 22.3 Å². The number of benzene rings is 9. The number of fused-ring (bicyclic) bond motifs is 6. The van der Waals surface area contributed by atoms with Crippen molar-refractivity contribution in [2.75, 3.05) is 25.5 Å². The summed E-state index contributed by atoms with van der Waals surface area (Å²) in [7, 11) is 0. The SMILES string of the molecule is CC(=O)N[C@@H](C)C(=O)NC(C)(C)C(=O)N[C@@H](C)C(=O)N(C(=O)OCC1c2ccccc2-c2ccccc21)[C@@H](CP(=S)(c1ccccc1)c1ccccc1)C(=O)N(C(=O)OCC1c2ccccc2-c2ccccc21)[C@@H](CP(=S)(c1ccccc1)c1ccccc1)C(=O)N[C@@H](C)C(=O)N[C@@H](C)C(=O)N[C@@H](Cc1ccccc1)C(=O)N[C@@H](C)C(=O)NC(C)(C)C(=O)N[C@@H](C)C(N)=O. The zero-order valence-electron chi connectivity index (χ0n) is 73.3. The zero-order valence-corrected chi connectivity index (χ0v) is 76.7. The zero-order chi connectivity index (χ0) is 93.4. The Morgan fingerprint density at radius 1 is 0.357 bits per heavy atom. The topological polar surface area (TPSA) is 398 Å². The van der Waals surface area contributed by atoms with Crippen LogP contribution in [0.5, 0.6) is 0 Å². The van der Waals surface area contributed by atoms with Gasteiger partial charge in [0.15, 0.2) is 0 Å². The van der Waals surface area contributed by atoms with Gasteiger partial charge in [-0.15, -0.1) is 0 Å². The van der Waals surface area contributed by atoms with Crippen LogP contribution in [0.15, 0.2) is 249 Å². The molecule has 14 amide bonds. The van der Waals surface area contributed by atoms with E-state index >= 15 is 28.8 Å². The van der Waals surface area contributed by atoms with Gasteiger partial charge in [-0.1, -0.05) is 272 Å². The molecule has 0 unspecified atom stereocenters. The molecule has 0 spiro atoms. The Morgan fingerprint density at radius 3 is 1.03 bits per heavy atom. The number of rotatable bonds is 36. The number of nitrogens with one attached hydrogen (secondary N) is 9. The second kappa shape index (κ2) is 42.2. The molecule has 9 aromatic rings. The molecule has 2 aliphatic carbocycles. The molecule has 9 aromatic carbocycles. The summed E-state index contributed by atoms with van der Waals surface area (Å²) in [5.41, 5.74) is 8.66. The van der Waals surface area contributed by atoms with Gasteiger partial charge >= 0.3 is 12.2 Å². The molecule has 9 atom stereocenters. The fourth-order valence-corrected chi connectivity index (χ4v) is 23.6. The monoisotopic (exact) mass is 1820 g/mol. The van der Waals surface area contributed by atoms with Gasteiger partial charge in [-0.25, -0.2) is 19.4 Å². The van der Waals surface area contributed by atoms with Crippen LogP contribution in [0.2, 0.25) is 0 Å². The van der Waals surface area contributed by atoms with Gasteiger partial charge in [0, 0.05) is 49.6 Å². The van der Waals surface area contributed by atoms with E-state index in [1.807, 2.05) is 97.1 Å². The van der Waals surface area contributed by atoms with E-state index in [4.69, 9.17) is 38.8 Å². The third kappa shape index (κ3) is 22.9. The van der Waals surface area contributed by atoms with Crippen molar-refractivity contribution >= 4 is 140 Å². The summed E-state index contributed by atoms with van der Waals surface area (Å²) in [6.07, 6.45) is -4.51. The van der Waals surface area contributed by atoms with Gasteiger partial charge in [0.1, 0.15) is 78.7 Å². The number of nitrogens with zero attached hydrogens (tertiary/aromatic N) is 2. The highest BCUT2D eigenvalue weighted by Crippen LogP contribution is 2.50. The number of imide groups is 2. The van der Waals surface area contributed by atoms with Gasteiger partial charge in [-0.05, 0) is 141 Å². The van der Waals surface area contributed by atoms with Crippen molar-refractivity contribution in [1.82, 2.24) is 57.7 Å². The second-order valence-corrected chi connectivity index (χ2v) is 42.6. The fraction of sp³-hybridized carbons (Fsp3) is 0.299. The molecule has 0 bridgehead atoms. The van der Waals surface area contributed by atoms with Crippen LogP contribution in [-0.2, 0) is 97.0 Å². The van der Waals surface area contributed by atoms with Crippen LogP contribution in [-0.4, -0.2) is 184 Å². The van der Waals surface area contributed by atoms with Crippen molar-refractivity contribution in [2.45, 2.75) is 160 Å². The van der Waals surface area contributed by atoms with Crippen molar-refractivity contribution < 1.29 is 76.6 Å². The first kappa shape index (κ1) is 96.5. The number of hydrogen-bond acceptors (Lipinski definition) is 18. The Kier molecular flexibility index (Phi) is 31.6. The minimum Gasteiger partial charge on any atom is -0.448 e. The first-order valence-corrected chi connectivity index (χ1v) is 48.2. The van der Waals surface area contributed by atoms with Crippen LogP contribution in [0, 0.1) is 0 Å². The quantitative estimate of drug-likeness (QED) is 0.0169. The molecular weight excluding hydrogens is 1720 g/mol. The van der Waals surface area contributed by atoms with Crippen LogP contribution >= 0.6 is 12.1 Å². The van der Waals surface area contributed by atoms with Gasteiger partial charge in [0.2, 0.25) is 59.1 Å². The Labute approximate surface area is 759 Å². The normalized spacial score (nSPS) is 14.3. The van der Waals surface area contributed by atoms with Crippen molar-refractivity contribution in [2.24, 2.45) is 5.73 Å². The molecule has 0 aromatic heterocycles. The lowest BCUT2D eigenvalue weighted by molar-refractivity contribution is -0.147. The van der Waals surface area contributed by atoms with Crippen molar-refractivity contribution in [1.29, 1.82) is 0 Å². The second-order valence-electron chi connectivity index (χ2n) is 33.1. The first-order chi connectivity index (χ1) is 61.3. The van der Waals surface area contributed by atoms with Gasteiger partial charge in [-0.3, -0.25) is 57.5 Å². The number of ether oxygens (including phenoxy) is 2. The Bertz CT molecular complexity index is 5640. The van der Waals surface area contributed by atoms with E-state index < -0.39 is 198 Å². The molecule has 672 valence electrons. The number of hydrogen-bond donors (Lipinski definition) is 10. The van der Waals surface area contributed by atoms with Gasteiger partial charge < -0.3 is 63.1 Å². The predicted molar refractivity (Wildman–Crippen MR) is 501 cm³/mol. The Balaban J connectivity index is 1.04. The van der Waals surface area contributed by atoms with E-state index in [1.165, 1.54) is 76.2 Å². The van der Waals surface area contributed by atoms with Crippen LogP contribution in [0.25, 0.3) is 22.3 Å². The number of carbonyl (C=O) groups is 14. The lowest BCUT2D eigenvalue weighted by Crippen LogP contribution is -2.65. The van der Waals surface area contributed by atoms with Crippen molar-refractivity contribution in [3.05, 3.63) is 277 Å².